The van der Waals surface area contributed by atoms with Crippen LogP contribution >= 0.6 is 0 Å². The highest BCUT2D eigenvalue weighted by Crippen LogP contribution is 2.26. The molecule has 0 unspecified atom stereocenters. The third kappa shape index (κ3) is 7.40. The predicted octanol–water partition coefficient (Wildman–Crippen LogP) is 5.78. The fourth-order valence-electron chi connectivity index (χ4n) is 3.01. The van der Waals surface area contributed by atoms with Crippen molar-refractivity contribution in [3.05, 3.63) is 47.7 Å². The summed E-state index contributed by atoms with van der Waals surface area (Å²) in [7, 11) is -1.15. The van der Waals surface area contributed by atoms with Crippen LogP contribution in [0, 0.1) is 5.41 Å². The van der Waals surface area contributed by atoms with E-state index < -0.39 is 19.5 Å². The minimum absolute atomic E-state index is 0.0761. The first-order valence-electron chi connectivity index (χ1n) is 10.8. The number of aliphatic carboxylic acids is 1. The molecule has 0 bridgehead atoms. The van der Waals surface area contributed by atoms with Crippen LogP contribution in [0.3, 0.4) is 0 Å². The molecule has 0 aliphatic rings. The van der Waals surface area contributed by atoms with Crippen molar-refractivity contribution in [1.82, 2.24) is 4.98 Å². The molecule has 2 aromatic rings. The van der Waals surface area contributed by atoms with Gasteiger partial charge in [0.1, 0.15) is 5.78 Å². The quantitative estimate of drug-likeness (QED) is 0.353. The molecule has 0 aliphatic heterocycles. The molecule has 2 rings (SSSR count). The van der Waals surface area contributed by atoms with Crippen LogP contribution in [0.25, 0.3) is 17.0 Å². The van der Waals surface area contributed by atoms with Gasteiger partial charge in [0.2, 0.25) is 0 Å². The molecule has 5 nitrogen and oxygen atoms in total. The molecule has 0 saturated heterocycles. The fraction of sp³-hybridized carbons (Fsp3) is 0.480. The van der Waals surface area contributed by atoms with E-state index in [9.17, 15) is 14.7 Å². The van der Waals surface area contributed by atoms with Crippen molar-refractivity contribution in [3.8, 4) is 0 Å². The van der Waals surface area contributed by atoms with Crippen LogP contribution in [-0.4, -0.2) is 43.1 Å². The normalized spacial score (nSPS) is 15.2. The minimum atomic E-state index is -1.15. The highest BCUT2D eigenvalue weighted by atomic mass is 28.3. The van der Waals surface area contributed by atoms with Crippen molar-refractivity contribution >= 4 is 36.8 Å². The standard InChI is InChI=1S/C25H35NO4Si/c1-18(19(2)27)22-10-9-21-8-7-20(17-23(21)26-22)11-12-25(3,24(28)29)13-14-30-15-16-31(4,5)6/h7-12,17-18H,13-16H2,1-6H3,(H,28,29)/b12-11+/t18-,25+/m0/s1. The first-order chi connectivity index (χ1) is 14.4. The van der Waals surface area contributed by atoms with Gasteiger partial charge in [-0.1, -0.05) is 50.0 Å². The number of ketones is 1. The summed E-state index contributed by atoms with van der Waals surface area (Å²) in [5, 5.41) is 10.8. The van der Waals surface area contributed by atoms with E-state index in [4.69, 9.17) is 4.74 Å². The number of hydrogen-bond acceptors (Lipinski definition) is 4. The molecule has 1 heterocycles. The van der Waals surface area contributed by atoms with Crippen LogP contribution < -0.4 is 0 Å². The number of aromatic nitrogens is 1. The van der Waals surface area contributed by atoms with E-state index >= 15 is 0 Å². The smallest absolute Gasteiger partial charge is 0.313 e. The number of pyridine rings is 1. The summed E-state index contributed by atoms with van der Waals surface area (Å²) in [5.41, 5.74) is 1.40. The van der Waals surface area contributed by atoms with Crippen molar-refractivity contribution in [2.75, 3.05) is 13.2 Å². The van der Waals surface area contributed by atoms with Crippen LogP contribution in [0.15, 0.2) is 36.4 Å². The number of benzene rings is 1. The summed E-state index contributed by atoms with van der Waals surface area (Å²) >= 11 is 0. The van der Waals surface area contributed by atoms with Gasteiger partial charge in [0.05, 0.1) is 22.5 Å². The van der Waals surface area contributed by atoms with Gasteiger partial charge in [-0.3, -0.25) is 14.6 Å². The van der Waals surface area contributed by atoms with Gasteiger partial charge in [-0.2, -0.15) is 0 Å². The predicted molar refractivity (Wildman–Crippen MR) is 129 cm³/mol. The Kier molecular flexibility index (Phi) is 8.32. The van der Waals surface area contributed by atoms with E-state index in [0.717, 1.165) is 28.2 Å². The second-order valence-electron chi connectivity index (χ2n) is 9.75. The van der Waals surface area contributed by atoms with Gasteiger partial charge in [-0.05, 0) is 50.9 Å². The molecular weight excluding hydrogens is 406 g/mol. The van der Waals surface area contributed by atoms with Crippen molar-refractivity contribution in [2.45, 2.75) is 58.8 Å². The van der Waals surface area contributed by atoms with Crippen molar-refractivity contribution in [1.29, 1.82) is 0 Å². The zero-order valence-corrected chi connectivity index (χ0v) is 20.6. The zero-order valence-electron chi connectivity index (χ0n) is 19.6. The molecule has 0 saturated carbocycles. The Bertz CT molecular complexity index is 964. The zero-order chi connectivity index (χ0) is 23.2. The number of ether oxygens (including phenoxy) is 1. The van der Waals surface area contributed by atoms with Crippen LogP contribution in [-0.2, 0) is 14.3 Å². The average molecular weight is 442 g/mol. The first kappa shape index (κ1) is 25.0. The van der Waals surface area contributed by atoms with E-state index in [-0.39, 0.29) is 11.7 Å². The molecule has 0 fully saturated rings. The Morgan fingerprint density at radius 1 is 1.19 bits per heavy atom. The Labute approximate surface area is 186 Å². The summed E-state index contributed by atoms with van der Waals surface area (Å²) in [6, 6.07) is 10.7. The molecule has 0 spiro atoms. The summed E-state index contributed by atoms with van der Waals surface area (Å²) < 4.78 is 5.72. The molecular formula is C25H35NO4Si. The van der Waals surface area contributed by atoms with Gasteiger partial charge < -0.3 is 9.84 Å². The molecule has 0 radical (unpaired) electrons. The summed E-state index contributed by atoms with van der Waals surface area (Å²) in [6.07, 6.45) is 3.98. The van der Waals surface area contributed by atoms with Gasteiger partial charge in [-0.25, -0.2) is 0 Å². The van der Waals surface area contributed by atoms with Crippen LogP contribution in [0.4, 0.5) is 0 Å². The molecule has 31 heavy (non-hydrogen) atoms. The maximum absolute atomic E-state index is 11.9. The number of rotatable bonds is 11. The molecule has 1 aromatic heterocycles. The number of carbonyl (C=O) groups is 2. The lowest BCUT2D eigenvalue weighted by Gasteiger charge is -2.21. The fourth-order valence-corrected chi connectivity index (χ4v) is 3.77. The third-order valence-corrected chi connectivity index (χ3v) is 7.39. The molecule has 1 aromatic carbocycles. The summed E-state index contributed by atoms with van der Waals surface area (Å²) in [6.45, 7) is 13.1. The van der Waals surface area contributed by atoms with Crippen molar-refractivity contribution < 1.29 is 19.4 Å². The maximum atomic E-state index is 11.9. The second-order valence-corrected chi connectivity index (χ2v) is 15.4. The maximum Gasteiger partial charge on any atom is 0.313 e. The lowest BCUT2D eigenvalue weighted by atomic mass is 9.86. The molecule has 6 heteroatoms. The Balaban J connectivity index is 2.13. The largest absolute Gasteiger partial charge is 0.481 e. The average Bonchev–Trinajstić information content (AvgIpc) is 2.69. The van der Waals surface area contributed by atoms with E-state index in [0.29, 0.717) is 19.6 Å². The van der Waals surface area contributed by atoms with Gasteiger partial charge in [0, 0.05) is 26.7 Å². The van der Waals surface area contributed by atoms with Crippen molar-refractivity contribution in [2.24, 2.45) is 5.41 Å². The van der Waals surface area contributed by atoms with E-state index in [1.807, 2.05) is 43.3 Å². The number of Topliss-reactive ketones (excluding diaryl/α,β-unsaturated/α-hetero) is 1. The van der Waals surface area contributed by atoms with E-state index in [1.165, 1.54) is 0 Å². The number of carbonyl (C=O) groups excluding carboxylic acids is 1. The van der Waals surface area contributed by atoms with Crippen LogP contribution in [0.1, 0.15) is 44.4 Å². The van der Waals surface area contributed by atoms with E-state index in [2.05, 4.69) is 24.6 Å². The third-order valence-electron chi connectivity index (χ3n) is 5.69. The second kappa shape index (κ2) is 10.3. The summed E-state index contributed by atoms with van der Waals surface area (Å²) in [5.74, 6) is -1.04. The van der Waals surface area contributed by atoms with Gasteiger partial charge >= 0.3 is 5.97 Å². The van der Waals surface area contributed by atoms with Gasteiger partial charge in [0.25, 0.3) is 0 Å². The monoisotopic (exact) mass is 441 g/mol. The Morgan fingerprint density at radius 3 is 2.48 bits per heavy atom. The van der Waals surface area contributed by atoms with Gasteiger partial charge in [-0.15, -0.1) is 0 Å². The first-order valence-corrected chi connectivity index (χ1v) is 14.5. The van der Waals surface area contributed by atoms with Crippen molar-refractivity contribution in [3.63, 3.8) is 0 Å². The highest BCUT2D eigenvalue weighted by Gasteiger charge is 2.29. The Morgan fingerprint density at radius 2 is 1.87 bits per heavy atom. The topological polar surface area (TPSA) is 76.5 Å². The molecule has 2 atom stereocenters. The SMILES string of the molecule is CC(=O)[C@H](C)c1ccc2ccc(/C=C/[C@](C)(CCOCC[Si](C)(C)C)C(=O)O)cc2n1. The minimum Gasteiger partial charge on any atom is -0.481 e. The summed E-state index contributed by atoms with van der Waals surface area (Å²) in [4.78, 5) is 28.2. The molecule has 0 amide bonds. The molecule has 0 aliphatic carbocycles. The number of fused-ring (bicyclic) bond motifs is 1. The Hall–Kier alpha value is -2.31. The molecule has 1 N–H and O–H groups in total. The number of carboxylic acid groups (broad SMARTS) is 1. The number of nitrogens with zero attached hydrogens (tertiary/aromatic N) is 1. The number of hydrogen-bond donors (Lipinski definition) is 1. The van der Waals surface area contributed by atoms with Crippen LogP contribution in [0.2, 0.25) is 25.7 Å². The van der Waals surface area contributed by atoms with E-state index in [1.54, 1.807) is 19.9 Å². The lowest BCUT2D eigenvalue weighted by Crippen LogP contribution is -2.27. The van der Waals surface area contributed by atoms with Crippen LogP contribution in [0.5, 0.6) is 0 Å². The lowest BCUT2D eigenvalue weighted by molar-refractivity contribution is -0.146. The molecule has 168 valence electrons. The highest BCUT2D eigenvalue weighted by molar-refractivity contribution is 6.76. The van der Waals surface area contributed by atoms with Gasteiger partial charge in [0.15, 0.2) is 0 Å². The number of carboxylic acids is 1.